The molecule has 1 heterocycles. The van der Waals surface area contributed by atoms with Crippen LogP contribution in [0.3, 0.4) is 0 Å². The van der Waals surface area contributed by atoms with Crippen LogP contribution in [-0.2, 0) is 10.8 Å². The molecule has 11 aromatic carbocycles. The molecule has 0 radical (unpaired) electrons. The Kier molecular flexibility index (Phi) is 8.24. The van der Waals surface area contributed by atoms with Crippen LogP contribution >= 0.6 is 0 Å². The summed E-state index contributed by atoms with van der Waals surface area (Å²) in [5.41, 5.74) is 24.3. The third kappa shape index (κ3) is 5.12. The molecule has 0 bridgehead atoms. The van der Waals surface area contributed by atoms with Crippen molar-refractivity contribution in [3.63, 3.8) is 0 Å². The van der Waals surface area contributed by atoms with Gasteiger partial charge in [0.1, 0.15) is 0 Å². The van der Waals surface area contributed by atoms with Gasteiger partial charge in [0.2, 0.25) is 0 Å². The maximum atomic E-state index is 2.51. The van der Waals surface area contributed by atoms with E-state index in [-0.39, 0.29) is 0 Å². The Balaban J connectivity index is 0.898. The van der Waals surface area contributed by atoms with Crippen molar-refractivity contribution < 1.29 is 0 Å². The fraction of sp³-hybridized carbons (Fsp3) is 0.0294. The van der Waals surface area contributed by atoms with Gasteiger partial charge in [-0.1, -0.05) is 200 Å². The van der Waals surface area contributed by atoms with Crippen LogP contribution in [-0.4, -0.2) is 4.57 Å². The van der Waals surface area contributed by atoms with Crippen molar-refractivity contribution >= 4 is 38.9 Å². The number of hydrogen-bond donors (Lipinski definition) is 0. The van der Waals surface area contributed by atoms with Crippen molar-refractivity contribution in [3.8, 4) is 39.1 Å². The summed E-state index contributed by atoms with van der Waals surface area (Å²) < 4.78 is 2.38. The van der Waals surface area contributed by atoms with Gasteiger partial charge in [0.25, 0.3) is 0 Å². The average molecular weight is 889 g/mol. The molecule has 0 atom stereocenters. The molecule has 0 N–H and O–H groups in total. The second kappa shape index (κ2) is 14.8. The highest BCUT2D eigenvalue weighted by Crippen LogP contribution is 2.67. The van der Waals surface area contributed by atoms with Crippen LogP contribution in [0.5, 0.6) is 0 Å². The fourth-order valence-corrected chi connectivity index (χ4v) is 13.2. The number of para-hydroxylation sites is 3. The van der Waals surface area contributed by atoms with Crippen LogP contribution in [0.2, 0.25) is 0 Å². The van der Waals surface area contributed by atoms with Gasteiger partial charge in [-0.2, -0.15) is 0 Å². The zero-order valence-electron chi connectivity index (χ0n) is 38.3. The first kappa shape index (κ1) is 39.1. The lowest BCUT2D eigenvalue weighted by atomic mass is 9.52. The molecule has 2 heteroatoms. The van der Waals surface area contributed by atoms with Crippen molar-refractivity contribution in [2.45, 2.75) is 10.8 Å². The highest BCUT2D eigenvalue weighted by atomic mass is 15.1. The van der Waals surface area contributed by atoms with Crippen molar-refractivity contribution in [2.75, 3.05) is 4.90 Å². The van der Waals surface area contributed by atoms with Crippen LogP contribution in [0.1, 0.15) is 44.5 Å². The Morgan fingerprint density at radius 2 is 0.671 bits per heavy atom. The number of rotatable bonds is 5. The van der Waals surface area contributed by atoms with Gasteiger partial charge in [-0.3, -0.25) is 0 Å². The zero-order chi connectivity index (χ0) is 46.0. The highest BCUT2D eigenvalue weighted by Gasteiger charge is 2.58. The summed E-state index contributed by atoms with van der Waals surface area (Å²) in [6.07, 6.45) is 0. The quantitative estimate of drug-likeness (QED) is 0.167. The molecule has 70 heavy (non-hydrogen) atoms. The van der Waals surface area contributed by atoms with Crippen molar-refractivity contribution in [1.29, 1.82) is 0 Å². The third-order valence-electron chi connectivity index (χ3n) is 15.9. The highest BCUT2D eigenvalue weighted by molar-refractivity contribution is 6.11. The van der Waals surface area contributed by atoms with E-state index in [0.29, 0.717) is 0 Å². The van der Waals surface area contributed by atoms with Crippen LogP contribution < -0.4 is 4.90 Å². The number of fused-ring (bicyclic) bond motifs is 19. The van der Waals surface area contributed by atoms with E-state index in [2.05, 4.69) is 276 Å². The molecule has 12 aromatic rings. The lowest BCUT2D eigenvalue weighted by Crippen LogP contribution is -2.43. The second-order valence-electron chi connectivity index (χ2n) is 19.1. The summed E-state index contributed by atoms with van der Waals surface area (Å²) in [5.74, 6) is 0. The normalized spacial score (nSPS) is 13.9. The summed E-state index contributed by atoms with van der Waals surface area (Å²) in [4.78, 5) is 2.39. The molecule has 0 unspecified atom stereocenters. The standard InChI is InChI=1S/C68H44N2/c1-3-19-47(20-4-1)69(50-40-42-66-56(44-50)55-26-10-18-34-65(55)70(66)48-21-5-2-6-22-48)49-38-35-45(36-39-49)46-37-41-54-53-25-9-13-29-59(53)68(64(54)43-46)62-32-16-14-30-60(62)67(61-31-15-17-33-63(61)68)57-27-11-7-23-51(57)52-24-8-12-28-58(52)67/h1-44H. The molecular weight excluding hydrogens is 845 g/mol. The largest absolute Gasteiger partial charge is 0.310 e. The van der Waals surface area contributed by atoms with E-state index in [1.165, 1.54) is 99.7 Å². The fourth-order valence-electron chi connectivity index (χ4n) is 13.2. The van der Waals surface area contributed by atoms with Gasteiger partial charge in [0.15, 0.2) is 0 Å². The van der Waals surface area contributed by atoms with E-state index in [1.54, 1.807) is 0 Å². The van der Waals surface area contributed by atoms with Crippen molar-refractivity contribution in [3.05, 3.63) is 311 Å². The van der Waals surface area contributed by atoms with Gasteiger partial charge in [-0.25, -0.2) is 0 Å². The molecule has 3 aliphatic rings. The number of nitrogens with zero attached hydrogens (tertiary/aromatic N) is 2. The Labute approximate surface area is 407 Å². The topological polar surface area (TPSA) is 8.17 Å². The maximum absolute atomic E-state index is 2.51. The van der Waals surface area contributed by atoms with Crippen molar-refractivity contribution in [2.24, 2.45) is 0 Å². The smallest absolute Gasteiger partial charge is 0.0720 e. The molecule has 326 valence electrons. The van der Waals surface area contributed by atoms with Crippen molar-refractivity contribution in [1.82, 2.24) is 4.57 Å². The number of hydrogen-bond acceptors (Lipinski definition) is 1. The molecule has 0 saturated carbocycles. The SMILES string of the molecule is c1ccc(N(c2ccc(-c3ccc4c(c3)C3(c5ccccc5-4)c4ccccc4C4(c5ccccc5-c5ccccc54)c4ccccc43)cc2)c2ccc3c(c2)c2ccccc2n3-c2ccccc2)cc1. The van der Waals surface area contributed by atoms with Crippen LogP contribution in [0.15, 0.2) is 267 Å². The van der Waals surface area contributed by atoms with E-state index in [4.69, 9.17) is 0 Å². The molecular formula is C68H44N2. The Hall–Kier alpha value is -8.98. The molecule has 0 amide bonds. The minimum Gasteiger partial charge on any atom is -0.310 e. The van der Waals surface area contributed by atoms with E-state index >= 15 is 0 Å². The lowest BCUT2D eigenvalue weighted by molar-refractivity contribution is 0.633. The summed E-state index contributed by atoms with van der Waals surface area (Å²) in [7, 11) is 0. The summed E-state index contributed by atoms with van der Waals surface area (Å²) in [6, 6.07) is 99.7. The zero-order valence-corrected chi connectivity index (χ0v) is 38.3. The number of benzene rings is 11. The van der Waals surface area contributed by atoms with E-state index in [0.717, 1.165) is 22.7 Å². The average Bonchev–Trinajstić information content (AvgIpc) is 4.03. The van der Waals surface area contributed by atoms with E-state index in [9.17, 15) is 0 Å². The molecule has 1 aromatic heterocycles. The number of aromatic nitrogens is 1. The summed E-state index contributed by atoms with van der Waals surface area (Å²) in [6.45, 7) is 0. The van der Waals surface area contributed by atoms with Crippen LogP contribution in [0.25, 0.3) is 60.9 Å². The minimum atomic E-state index is -0.542. The molecule has 0 aliphatic heterocycles. The second-order valence-corrected chi connectivity index (χ2v) is 19.1. The molecule has 2 spiro atoms. The maximum Gasteiger partial charge on any atom is 0.0720 e. The Bertz CT molecular complexity index is 3970. The van der Waals surface area contributed by atoms with Gasteiger partial charge >= 0.3 is 0 Å². The first-order chi connectivity index (χ1) is 34.7. The Morgan fingerprint density at radius 1 is 0.257 bits per heavy atom. The van der Waals surface area contributed by atoms with Gasteiger partial charge in [-0.05, 0) is 145 Å². The molecule has 2 nitrogen and oxygen atoms in total. The number of anilines is 3. The minimum absolute atomic E-state index is 0.467. The Morgan fingerprint density at radius 3 is 1.26 bits per heavy atom. The summed E-state index contributed by atoms with van der Waals surface area (Å²) >= 11 is 0. The monoisotopic (exact) mass is 888 g/mol. The first-order valence-electron chi connectivity index (χ1n) is 24.4. The predicted molar refractivity (Wildman–Crippen MR) is 289 cm³/mol. The summed E-state index contributed by atoms with van der Waals surface area (Å²) in [5, 5.41) is 2.46. The predicted octanol–water partition coefficient (Wildman–Crippen LogP) is 17.0. The molecule has 3 aliphatic carbocycles. The molecule has 0 saturated heterocycles. The first-order valence-corrected chi connectivity index (χ1v) is 24.4. The van der Waals surface area contributed by atoms with Gasteiger partial charge < -0.3 is 9.47 Å². The van der Waals surface area contributed by atoms with Gasteiger partial charge in [0, 0.05) is 33.5 Å². The van der Waals surface area contributed by atoms with E-state index < -0.39 is 10.8 Å². The van der Waals surface area contributed by atoms with E-state index in [1.807, 2.05) is 0 Å². The molecule has 15 rings (SSSR count). The molecule has 0 fully saturated rings. The van der Waals surface area contributed by atoms with Crippen LogP contribution in [0.4, 0.5) is 17.1 Å². The van der Waals surface area contributed by atoms with Gasteiger partial charge in [-0.15, -0.1) is 0 Å². The third-order valence-corrected chi connectivity index (χ3v) is 15.9. The van der Waals surface area contributed by atoms with Crippen LogP contribution in [0, 0.1) is 0 Å². The lowest BCUT2D eigenvalue weighted by Gasteiger charge is -2.48. The van der Waals surface area contributed by atoms with Gasteiger partial charge in [0.05, 0.1) is 21.9 Å².